The normalized spacial score (nSPS) is 20.4. The highest BCUT2D eigenvalue weighted by atomic mass is 16.2. The minimum Gasteiger partial charge on any atom is -0.340 e. The maximum Gasteiger partial charge on any atom is 0.222 e. The first-order valence-electron chi connectivity index (χ1n) is 12.6. The number of carbonyl (C=O) groups excluding carboxylic acids is 1. The summed E-state index contributed by atoms with van der Waals surface area (Å²) >= 11 is 0. The average molecular weight is 434 g/mol. The lowest BCUT2D eigenvalue weighted by Gasteiger charge is -2.36. The molecule has 2 aromatic rings. The average Bonchev–Trinajstić information content (AvgIpc) is 2.85. The number of piperidine rings is 1. The van der Waals surface area contributed by atoms with E-state index in [1.165, 1.54) is 50.0 Å². The summed E-state index contributed by atoms with van der Waals surface area (Å²) in [7, 11) is 0. The molecule has 32 heavy (non-hydrogen) atoms. The Bertz CT molecular complexity index is 802. The molecule has 0 spiro atoms. The van der Waals surface area contributed by atoms with Gasteiger partial charge in [0.05, 0.1) is 0 Å². The summed E-state index contributed by atoms with van der Waals surface area (Å²) in [6.07, 6.45) is 6.73. The molecule has 1 amide bonds. The molecular weight excluding hydrogens is 394 g/mol. The van der Waals surface area contributed by atoms with Crippen LogP contribution in [0.5, 0.6) is 0 Å². The number of hydrogen-bond donors (Lipinski definition) is 0. The lowest BCUT2D eigenvalue weighted by molar-refractivity contribution is -0.133. The summed E-state index contributed by atoms with van der Waals surface area (Å²) in [4.78, 5) is 20.0. The van der Waals surface area contributed by atoms with E-state index in [0.717, 1.165) is 52.0 Å². The molecule has 4 nitrogen and oxygen atoms in total. The molecule has 0 aromatic heterocycles. The zero-order chi connectivity index (χ0) is 22.0. The van der Waals surface area contributed by atoms with E-state index in [2.05, 4.69) is 75.4 Å². The predicted octanol–water partition coefficient (Wildman–Crippen LogP) is 4.46. The van der Waals surface area contributed by atoms with Crippen LogP contribution in [0.4, 0.5) is 0 Å². The first kappa shape index (κ1) is 23.0. The molecule has 4 heteroatoms. The molecule has 0 radical (unpaired) electrons. The second-order valence-electron chi connectivity index (χ2n) is 9.58. The fourth-order valence-electron chi connectivity index (χ4n) is 5.22. The van der Waals surface area contributed by atoms with E-state index in [1.807, 2.05) is 0 Å². The van der Waals surface area contributed by atoms with Crippen LogP contribution in [-0.2, 0) is 17.8 Å². The smallest absolute Gasteiger partial charge is 0.222 e. The number of piperazine rings is 1. The third-order valence-electron chi connectivity index (χ3n) is 7.13. The van der Waals surface area contributed by atoms with Gasteiger partial charge in [0.15, 0.2) is 0 Å². The number of aryl methyl sites for hydroxylation is 1. The molecule has 0 aliphatic carbocycles. The molecule has 2 aliphatic rings. The van der Waals surface area contributed by atoms with E-state index >= 15 is 0 Å². The van der Waals surface area contributed by atoms with E-state index in [4.69, 9.17) is 0 Å². The molecule has 1 atom stereocenters. The molecule has 0 bridgehead atoms. The summed E-state index contributed by atoms with van der Waals surface area (Å²) in [6, 6.07) is 21.5. The van der Waals surface area contributed by atoms with Crippen molar-refractivity contribution in [2.75, 3.05) is 45.8 Å². The van der Waals surface area contributed by atoms with Crippen molar-refractivity contribution in [2.24, 2.45) is 5.92 Å². The maximum atomic E-state index is 12.8. The highest BCUT2D eigenvalue weighted by Crippen LogP contribution is 2.22. The van der Waals surface area contributed by atoms with Gasteiger partial charge in [-0.2, -0.15) is 0 Å². The van der Waals surface area contributed by atoms with Crippen LogP contribution >= 0.6 is 0 Å². The minimum atomic E-state index is 0.366. The van der Waals surface area contributed by atoms with Crippen molar-refractivity contribution in [3.05, 3.63) is 71.8 Å². The van der Waals surface area contributed by atoms with E-state index in [1.54, 1.807) is 0 Å². The van der Waals surface area contributed by atoms with Gasteiger partial charge in [0, 0.05) is 45.7 Å². The lowest BCUT2D eigenvalue weighted by atomic mass is 9.93. The number of likely N-dealkylation sites (tertiary alicyclic amines) is 1. The summed E-state index contributed by atoms with van der Waals surface area (Å²) in [5, 5.41) is 0. The van der Waals surface area contributed by atoms with Crippen LogP contribution in [0.1, 0.15) is 43.2 Å². The molecule has 2 fully saturated rings. The van der Waals surface area contributed by atoms with Crippen LogP contribution < -0.4 is 0 Å². The van der Waals surface area contributed by atoms with Gasteiger partial charge in [-0.3, -0.25) is 9.69 Å². The Balaban J connectivity index is 1.12. The van der Waals surface area contributed by atoms with Gasteiger partial charge in [0.2, 0.25) is 5.91 Å². The van der Waals surface area contributed by atoms with Crippen molar-refractivity contribution >= 4 is 5.91 Å². The molecule has 0 unspecified atom stereocenters. The Kier molecular flexibility index (Phi) is 8.75. The van der Waals surface area contributed by atoms with Gasteiger partial charge in [-0.1, -0.05) is 60.7 Å². The first-order chi connectivity index (χ1) is 15.8. The zero-order valence-corrected chi connectivity index (χ0v) is 19.5. The summed E-state index contributed by atoms with van der Waals surface area (Å²) in [5.74, 6) is 1.05. The van der Waals surface area contributed by atoms with Gasteiger partial charge in [-0.05, 0) is 62.2 Å². The number of amides is 1. The summed E-state index contributed by atoms with van der Waals surface area (Å²) in [5.41, 5.74) is 2.80. The van der Waals surface area contributed by atoms with E-state index in [0.29, 0.717) is 11.8 Å². The number of hydrogen-bond acceptors (Lipinski definition) is 3. The van der Waals surface area contributed by atoms with Gasteiger partial charge in [-0.25, -0.2) is 0 Å². The van der Waals surface area contributed by atoms with Gasteiger partial charge >= 0.3 is 0 Å². The van der Waals surface area contributed by atoms with Crippen molar-refractivity contribution < 1.29 is 4.79 Å². The van der Waals surface area contributed by atoms with Crippen LogP contribution in [0.15, 0.2) is 60.7 Å². The molecule has 2 aromatic carbocycles. The minimum absolute atomic E-state index is 0.366. The molecule has 172 valence electrons. The predicted molar refractivity (Wildman–Crippen MR) is 131 cm³/mol. The third-order valence-corrected chi connectivity index (χ3v) is 7.13. The fraction of sp³-hybridized carbons (Fsp3) is 0.536. The number of benzene rings is 2. The maximum absolute atomic E-state index is 12.8. The molecule has 2 aliphatic heterocycles. The van der Waals surface area contributed by atoms with Crippen molar-refractivity contribution in [1.82, 2.24) is 14.7 Å². The lowest BCUT2D eigenvalue weighted by Crippen LogP contribution is -2.48. The van der Waals surface area contributed by atoms with Crippen molar-refractivity contribution in [1.29, 1.82) is 0 Å². The van der Waals surface area contributed by atoms with E-state index in [9.17, 15) is 4.79 Å². The largest absolute Gasteiger partial charge is 0.340 e. The van der Waals surface area contributed by atoms with E-state index < -0.39 is 0 Å². The quantitative estimate of drug-likeness (QED) is 0.584. The SMILES string of the molecule is O=C(CC[C@@H]1CCCN(CCCc2ccccc2)C1)N1CCN(Cc2ccccc2)CC1. The van der Waals surface area contributed by atoms with Crippen molar-refractivity contribution in [2.45, 2.75) is 45.1 Å². The molecular formula is C28H39N3O. The molecule has 2 saturated heterocycles. The second-order valence-corrected chi connectivity index (χ2v) is 9.58. The first-order valence-corrected chi connectivity index (χ1v) is 12.6. The highest BCUT2D eigenvalue weighted by Gasteiger charge is 2.24. The van der Waals surface area contributed by atoms with Crippen LogP contribution in [-0.4, -0.2) is 66.4 Å². The molecule has 2 heterocycles. The monoisotopic (exact) mass is 433 g/mol. The van der Waals surface area contributed by atoms with Crippen molar-refractivity contribution in [3.63, 3.8) is 0 Å². The van der Waals surface area contributed by atoms with Gasteiger partial charge < -0.3 is 9.80 Å². The van der Waals surface area contributed by atoms with Gasteiger partial charge in [0.1, 0.15) is 0 Å². The van der Waals surface area contributed by atoms with Crippen LogP contribution in [0.3, 0.4) is 0 Å². The topological polar surface area (TPSA) is 26.8 Å². The number of nitrogens with zero attached hydrogens (tertiary/aromatic N) is 3. The van der Waals surface area contributed by atoms with Gasteiger partial charge in [0.25, 0.3) is 0 Å². The summed E-state index contributed by atoms with van der Waals surface area (Å²) in [6.45, 7) is 8.30. The number of carbonyl (C=O) groups is 1. The Morgan fingerprint density at radius 1 is 0.812 bits per heavy atom. The number of rotatable bonds is 9. The molecule has 0 saturated carbocycles. The van der Waals surface area contributed by atoms with E-state index in [-0.39, 0.29) is 0 Å². The Labute approximate surface area is 194 Å². The molecule has 0 N–H and O–H groups in total. The Morgan fingerprint density at radius 2 is 1.50 bits per heavy atom. The van der Waals surface area contributed by atoms with Crippen LogP contribution in [0, 0.1) is 5.92 Å². The Morgan fingerprint density at radius 3 is 2.22 bits per heavy atom. The standard InChI is InChI=1S/C28H39N3O/c32-28(31-21-19-30(20-22-31)23-26-11-5-2-6-12-26)16-15-27-14-8-18-29(24-27)17-7-13-25-9-3-1-4-10-25/h1-6,9-12,27H,7-8,13-24H2/t27-/m0/s1. The van der Waals surface area contributed by atoms with Crippen LogP contribution in [0.2, 0.25) is 0 Å². The zero-order valence-electron chi connectivity index (χ0n) is 19.5. The van der Waals surface area contributed by atoms with Crippen LogP contribution in [0.25, 0.3) is 0 Å². The summed E-state index contributed by atoms with van der Waals surface area (Å²) < 4.78 is 0. The molecule has 4 rings (SSSR count). The second kappa shape index (κ2) is 12.2. The third kappa shape index (κ3) is 7.18. The highest BCUT2D eigenvalue weighted by molar-refractivity contribution is 5.76. The fourth-order valence-corrected chi connectivity index (χ4v) is 5.22. The van der Waals surface area contributed by atoms with Crippen molar-refractivity contribution in [3.8, 4) is 0 Å². The van der Waals surface area contributed by atoms with Gasteiger partial charge in [-0.15, -0.1) is 0 Å². The Hall–Kier alpha value is -2.17.